The average Bonchev–Trinajstić information content (AvgIpc) is 2.15. The van der Waals surface area contributed by atoms with Gasteiger partial charge in [0.2, 0.25) is 5.91 Å². The van der Waals surface area contributed by atoms with Crippen molar-refractivity contribution in [2.75, 3.05) is 0 Å². The van der Waals surface area contributed by atoms with Crippen LogP contribution in [0.4, 0.5) is 0 Å². The summed E-state index contributed by atoms with van der Waals surface area (Å²) >= 11 is 0. The van der Waals surface area contributed by atoms with Crippen molar-refractivity contribution in [2.45, 2.75) is 72.6 Å². The lowest BCUT2D eigenvalue weighted by atomic mass is 9.92. The molecule has 2 unspecified atom stereocenters. The first-order valence-electron chi connectivity index (χ1n) is 7.20. The van der Waals surface area contributed by atoms with Crippen LogP contribution in [0.5, 0.6) is 0 Å². The third kappa shape index (κ3) is 11.7. The molecule has 2 nitrogen and oxygen atoms in total. The predicted molar refractivity (Wildman–Crippen MR) is 74.7 cm³/mol. The zero-order valence-electron chi connectivity index (χ0n) is 12.2. The van der Waals surface area contributed by atoms with E-state index in [2.05, 4.69) is 27.7 Å². The largest absolute Gasteiger partial charge is 0.370 e. The van der Waals surface area contributed by atoms with E-state index in [1.807, 2.05) is 0 Å². The van der Waals surface area contributed by atoms with Gasteiger partial charge in [-0.25, -0.2) is 0 Å². The molecule has 0 aromatic heterocycles. The number of carbonyl (C=O) groups is 1. The highest BCUT2D eigenvalue weighted by Gasteiger charge is 2.08. The molecule has 0 bridgehead atoms. The zero-order chi connectivity index (χ0) is 13.3. The Bertz CT molecular complexity index is 201. The lowest BCUT2D eigenvalue weighted by Crippen LogP contribution is -2.14. The Morgan fingerprint density at radius 1 is 0.882 bits per heavy atom. The highest BCUT2D eigenvalue weighted by molar-refractivity contribution is 5.73. The molecule has 1 amide bonds. The van der Waals surface area contributed by atoms with Crippen LogP contribution in [0, 0.1) is 17.8 Å². The molecule has 0 saturated carbocycles. The number of hydrogen-bond donors (Lipinski definition) is 1. The fourth-order valence-corrected chi connectivity index (χ4v) is 2.28. The van der Waals surface area contributed by atoms with Gasteiger partial charge in [0.05, 0.1) is 0 Å². The van der Waals surface area contributed by atoms with Crippen LogP contribution in [0.1, 0.15) is 72.6 Å². The predicted octanol–water partition coefficient (Wildman–Crippen LogP) is 4.13. The second kappa shape index (κ2) is 9.49. The van der Waals surface area contributed by atoms with Crippen molar-refractivity contribution >= 4 is 5.91 Å². The molecule has 102 valence electrons. The summed E-state index contributed by atoms with van der Waals surface area (Å²) in [5.74, 6) is 1.95. The van der Waals surface area contributed by atoms with E-state index in [1.165, 1.54) is 32.1 Å². The summed E-state index contributed by atoms with van der Waals surface area (Å²) in [6.45, 7) is 9.04. The van der Waals surface area contributed by atoms with Gasteiger partial charge in [0.1, 0.15) is 0 Å². The first-order valence-corrected chi connectivity index (χ1v) is 7.20. The molecular weight excluding hydrogens is 210 g/mol. The van der Waals surface area contributed by atoms with Gasteiger partial charge in [0, 0.05) is 6.42 Å². The maximum absolute atomic E-state index is 10.7. The first-order chi connectivity index (χ1) is 7.91. The SMILES string of the molecule is CC(C)CCCC(C)CCCC(C)CC(N)=O. The van der Waals surface area contributed by atoms with Crippen molar-refractivity contribution in [3.05, 3.63) is 0 Å². The minimum Gasteiger partial charge on any atom is -0.370 e. The molecule has 0 rings (SSSR count). The summed E-state index contributed by atoms with van der Waals surface area (Å²) in [6, 6.07) is 0. The third-order valence-corrected chi connectivity index (χ3v) is 3.42. The van der Waals surface area contributed by atoms with Crippen molar-refractivity contribution in [3.63, 3.8) is 0 Å². The van der Waals surface area contributed by atoms with E-state index in [-0.39, 0.29) is 5.91 Å². The summed E-state index contributed by atoms with van der Waals surface area (Å²) in [5, 5.41) is 0. The van der Waals surface area contributed by atoms with Gasteiger partial charge >= 0.3 is 0 Å². The Balaban J connectivity index is 3.44. The molecule has 0 spiro atoms. The fourth-order valence-electron chi connectivity index (χ4n) is 2.28. The van der Waals surface area contributed by atoms with Gasteiger partial charge in [-0.15, -0.1) is 0 Å². The van der Waals surface area contributed by atoms with E-state index in [1.54, 1.807) is 0 Å². The van der Waals surface area contributed by atoms with Gasteiger partial charge in [0.25, 0.3) is 0 Å². The lowest BCUT2D eigenvalue weighted by molar-refractivity contribution is -0.118. The Morgan fingerprint density at radius 3 is 1.82 bits per heavy atom. The highest BCUT2D eigenvalue weighted by Crippen LogP contribution is 2.20. The quantitative estimate of drug-likeness (QED) is 0.614. The van der Waals surface area contributed by atoms with Crippen LogP contribution in [-0.4, -0.2) is 5.91 Å². The third-order valence-electron chi connectivity index (χ3n) is 3.42. The molecule has 2 N–H and O–H groups in total. The Morgan fingerprint density at radius 2 is 1.35 bits per heavy atom. The topological polar surface area (TPSA) is 43.1 Å². The first kappa shape index (κ1) is 16.5. The Kier molecular flexibility index (Phi) is 9.20. The maximum atomic E-state index is 10.7. The van der Waals surface area contributed by atoms with Gasteiger partial charge < -0.3 is 5.73 Å². The van der Waals surface area contributed by atoms with E-state index < -0.39 is 0 Å². The molecule has 0 aliphatic carbocycles. The number of hydrogen-bond acceptors (Lipinski definition) is 1. The van der Waals surface area contributed by atoms with Crippen LogP contribution in [0.25, 0.3) is 0 Å². The van der Waals surface area contributed by atoms with E-state index in [0.29, 0.717) is 12.3 Å². The minimum atomic E-state index is -0.164. The number of primary amides is 1. The van der Waals surface area contributed by atoms with Gasteiger partial charge in [-0.05, 0) is 17.8 Å². The molecule has 2 atom stereocenters. The van der Waals surface area contributed by atoms with Crippen molar-refractivity contribution in [3.8, 4) is 0 Å². The molecule has 0 radical (unpaired) electrons. The zero-order valence-corrected chi connectivity index (χ0v) is 12.2. The molecule has 0 aliphatic heterocycles. The average molecular weight is 241 g/mol. The van der Waals surface area contributed by atoms with Crippen LogP contribution in [0.3, 0.4) is 0 Å². The summed E-state index contributed by atoms with van der Waals surface area (Å²) < 4.78 is 0. The van der Waals surface area contributed by atoms with Gasteiger partial charge in [-0.2, -0.15) is 0 Å². The molecule has 0 saturated heterocycles. The molecular formula is C15H31NO. The summed E-state index contributed by atoms with van der Waals surface area (Å²) in [4.78, 5) is 10.7. The molecule has 0 heterocycles. The van der Waals surface area contributed by atoms with Crippen LogP contribution in [0.2, 0.25) is 0 Å². The molecule has 0 aliphatic rings. The monoisotopic (exact) mass is 241 g/mol. The maximum Gasteiger partial charge on any atom is 0.217 e. The number of rotatable bonds is 10. The van der Waals surface area contributed by atoms with E-state index in [0.717, 1.165) is 18.3 Å². The fraction of sp³-hybridized carbons (Fsp3) is 0.933. The molecule has 0 aromatic carbocycles. The standard InChI is InChI=1S/C15H31NO/c1-12(2)7-5-8-13(3)9-6-10-14(4)11-15(16)17/h12-14H,5-11H2,1-4H3,(H2,16,17). The second-order valence-corrected chi connectivity index (χ2v) is 6.14. The molecule has 17 heavy (non-hydrogen) atoms. The number of nitrogens with two attached hydrogens (primary N) is 1. The van der Waals surface area contributed by atoms with E-state index in [9.17, 15) is 4.79 Å². The molecule has 0 fully saturated rings. The number of amides is 1. The van der Waals surface area contributed by atoms with Crippen LogP contribution in [0.15, 0.2) is 0 Å². The number of carbonyl (C=O) groups excluding carboxylic acids is 1. The minimum absolute atomic E-state index is 0.164. The normalized spacial score (nSPS) is 14.9. The van der Waals surface area contributed by atoms with Gasteiger partial charge in [-0.3, -0.25) is 4.79 Å². The van der Waals surface area contributed by atoms with E-state index in [4.69, 9.17) is 5.73 Å². The molecule has 2 heteroatoms. The van der Waals surface area contributed by atoms with E-state index >= 15 is 0 Å². The van der Waals surface area contributed by atoms with Gasteiger partial charge in [-0.1, -0.05) is 66.2 Å². The van der Waals surface area contributed by atoms with Crippen molar-refractivity contribution in [1.29, 1.82) is 0 Å². The smallest absolute Gasteiger partial charge is 0.217 e. The highest BCUT2D eigenvalue weighted by atomic mass is 16.1. The van der Waals surface area contributed by atoms with Crippen LogP contribution >= 0.6 is 0 Å². The van der Waals surface area contributed by atoms with Gasteiger partial charge in [0.15, 0.2) is 0 Å². The molecule has 0 aromatic rings. The summed E-state index contributed by atoms with van der Waals surface area (Å²) in [5.41, 5.74) is 5.18. The van der Waals surface area contributed by atoms with Crippen molar-refractivity contribution in [1.82, 2.24) is 0 Å². The lowest BCUT2D eigenvalue weighted by Gasteiger charge is -2.14. The van der Waals surface area contributed by atoms with Crippen LogP contribution in [-0.2, 0) is 4.79 Å². The summed E-state index contributed by atoms with van der Waals surface area (Å²) in [6.07, 6.45) is 8.26. The summed E-state index contributed by atoms with van der Waals surface area (Å²) in [7, 11) is 0. The Labute approximate surface area is 107 Å². The van der Waals surface area contributed by atoms with Crippen molar-refractivity contribution in [2.24, 2.45) is 23.5 Å². The van der Waals surface area contributed by atoms with Crippen molar-refractivity contribution < 1.29 is 4.79 Å². The second-order valence-electron chi connectivity index (χ2n) is 6.14. The Hall–Kier alpha value is -0.530. The van der Waals surface area contributed by atoms with Crippen LogP contribution < -0.4 is 5.73 Å².